The zero-order chi connectivity index (χ0) is 16.8. The summed E-state index contributed by atoms with van der Waals surface area (Å²) in [5, 5.41) is 1.14. The predicted molar refractivity (Wildman–Crippen MR) is 94.7 cm³/mol. The molecule has 0 aromatic heterocycles. The van der Waals surface area contributed by atoms with E-state index in [0.717, 1.165) is 10.6 Å². The molecule has 0 radical (unpaired) electrons. The summed E-state index contributed by atoms with van der Waals surface area (Å²) in [6.45, 7) is 0.487. The van der Waals surface area contributed by atoms with E-state index in [0.29, 0.717) is 23.6 Å². The lowest BCUT2D eigenvalue weighted by atomic mass is 10.2. The van der Waals surface area contributed by atoms with E-state index < -0.39 is 0 Å². The smallest absolute Gasteiger partial charge is 0.272 e. The largest absolute Gasteiger partial charge is 0.489 e. The molecular weight excluding hydrogens is 300 g/mol. The molecule has 4 nitrogen and oxygen atoms in total. The van der Waals surface area contributed by atoms with E-state index in [-0.39, 0.29) is 5.91 Å². The van der Waals surface area contributed by atoms with Gasteiger partial charge in [0.2, 0.25) is 0 Å². The predicted octanol–water partition coefficient (Wildman–Crippen LogP) is 3.79. The van der Waals surface area contributed by atoms with Gasteiger partial charge in [-0.25, -0.2) is 10.9 Å². The summed E-state index contributed by atoms with van der Waals surface area (Å²) in [6, 6.07) is 26.0. The van der Waals surface area contributed by atoms with Crippen LogP contribution in [0.2, 0.25) is 0 Å². The number of nitrogens with zero attached hydrogens (tertiary/aromatic N) is 1. The maximum Gasteiger partial charge on any atom is 0.272 e. The normalized spacial score (nSPS) is 10.2. The molecule has 0 atom stereocenters. The third-order valence-electron chi connectivity index (χ3n) is 3.60. The lowest BCUT2D eigenvalue weighted by Crippen LogP contribution is -2.37. The highest BCUT2D eigenvalue weighted by Gasteiger charge is 2.13. The lowest BCUT2D eigenvalue weighted by molar-refractivity contribution is 0.0987. The molecule has 0 saturated heterocycles. The molecule has 0 aliphatic carbocycles. The zero-order valence-corrected chi connectivity index (χ0v) is 13.1. The van der Waals surface area contributed by atoms with Gasteiger partial charge in [-0.2, -0.15) is 0 Å². The van der Waals surface area contributed by atoms with Gasteiger partial charge in [-0.3, -0.25) is 4.79 Å². The summed E-state index contributed by atoms with van der Waals surface area (Å²) >= 11 is 0. The number of hydrazine groups is 1. The Morgan fingerprint density at radius 1 is 0.833 bits per heavy atom. The number of para-hydroxylation sites is 1. The molecule has 1 amide bonds. The second kappa shape index (κ2) is 7.44. The molecule has 3 aromatic carbocycles. The van der Waals surface area contributed by atoms with Crippen LogP contribution >= 0.6 is 0 Å². The number of benzene rings is 3. The number of nitrogens with two attached hydrogens (primary N) is 1. The van der Waals surface area contributed by atoms with Gasteiger partial charge in [0.25, 0.3) is 5.91 Å². The molecule has 0 spiro atoms. The van der Waals surface area contributed by atoms with Gasteiger partial charge in [0.15, 0.2) is 0 Å². The number of carbonyl (C=O) groups is 1. The molecule has 3 rings (SSSR count). The number of carbonyl (C=O) groups excluding carboxylic acids is 1. The molecule has 3 aromatic rings. The average molecular weight is 318 g/mol. The number of anilines is 1. The highest BCUT2D eigenvalue weighted by Crippen LogP contribution is 2.17. The van der Waals surface area contributed by atoms with Crippen molar-refractivity contribution in [3.8, 4) is 5.75 Å². The van der Waals surface area contributed by atoms with Crippen LogP contribution in [-0.4, -0.2) is 5.91 Å². The van der Waals surface area contributed by atoms with E-state index in [1.54, 1.807) is 36.4 Å². The molecule has 0 heterocycles. The maximum atomic E-state index is 12.4. The Bertz CT molecular complexity index is 787. The van der Waals surface area contributed by atoms with Crippen LogP contribution in [0.3, 0.4) is 0 Å². The van der Waals surface area contributed by atoms with Crippen LogP contribution in [0.15, 0.2) is 84.9 Å². The van der Waals surface area contributed by atoms with Crippen molar-refractivity contribution in [3.63, 3.8) is 0 Å². The molecule has 2 N–H and O–H groups in total. The van der Waals surface area contributed by atoms with E-state index in [1.165, 1.54) is 0 Å². The quantitative estimate of drug-likeness (QED) is 0.442. The van der Waals surface area contributed by atoms with Crippen molar-refractivity contribution < 1.29 is 9.53 Å². The Labute approximate surface area is 141 Å². The highest BCUT2D eigenvalue weighted by molar-refractivity contribution is 6.05. The molecule has 4 heteroatoms. The number of hydrogen-bond acceptors (Lipinski definition) is 3. The first-order valence-electron chi connectivity index (χ1n) is 7.65. The first-order valence-corrected chi connectivity index (χ1v) is 7.65. The number of ether oxygens (including phenoxy) is 1. The minimum Gasteiger partial charge on any atom is -0.489 e. The minimum atomic E-state index is -0.268. The molecule has 120 valence electrons. The SMILES string of the molecule is NN(C(=O)c1ccc(OCc2ccccc2)cc1)c1ccccc1. The van der Waals surface area contributed by atoms with Crippen LogP contribution < -0.4 is 15.6 Å². The second-order valence-corrected chi connectivity index (χ2v) is 5.31. The van der Waals surface area contributed by atoms with E-state index in [9.17, 15) is 4.79 Å². The number of amides is 1. The minimum absolute atomic E-state index is 0.268. The Morgan fingerprint density at radius 2 is 1.42 bits per heavy atom. The number of hydrogen-bond donors (Lipinski definition) is 1. The first kappa shape index (κ1) is 15.8. The van der Waals surface area contributed by atoms with E-state index in [2.05, 4.69) is 0 Å². The molecule has 0 saturated carbocycles. The average Bonchev–Trinajstić information content (AvgIpc) is 2.67. The standard InChI is InChI=1S/C20H18N2O2/c21-22(18-9-5-2-6-10-18)20(23)17-11-13-19(14-12-17)24-15-16-7-3-1-4-8-16/h1-14H,15,21H2. The van der Waals surface area contributed by atoms with E-state index >= 15 is 0 Å². The fraction of sp³-hybridized carbons (Fsp3) is 0.0500. The Morgan fingerprint density at radius 3 is 2.04 bits per heavy atom. The van der Waals surface area contributed by atoms with E-state index in [1.807, 2.05) is 48.5 Å². The molecular formula is C20H18N2O2. The summed E-state index contributed by atoms with van der Waals surface area (Å²) in [6.07, 6.45) is 0. The fourth-order valence-corrected chi connectivity index (χ4v) is 2.28. The van der Waals surface area contributed by atoms with Crippen LogP contribution in [0.5, 0.6) is 5.75 Å². The van der Waals surface area contributed by atoms with Gasteiger partial charge in [-0.1, -0.05) is 48.5 Å². The monoisotopic (exact) mass is 318 g/mol. The molecule has 0 aliphatic heterocycles. The molecule has 0 bridgehead atoms. The molecule has 0 unspecified atom stereocenters. The van der Waals surface area contributed by atoms with Crippen molar-refractivity contribution in [1.29, 1.82) is 0 Å². The topological polar surface area (TPSA) is 55.6 Å². The summed E-state index contributed by atoms with van der Waals surface area (Å²) in [7, 11) is 0. The fourth-order valence-electron chi connectivity index (χ4n) is 2.28. The maximum absolute atomic E-state index is 12.4. The van der Waals surface area contributed by atoms with Crippen LogP contribution in [0.25, 0.3) is 0 Å². The van der Waals surface area contributed by atoms with Crippen molar-refractivity contribution in [3.05, 3.63) is 96.1 Å². The van der Waals surface area contributed by atoms with Gasteiger partial charge < -0.3 is 4.74 Å². The second-order valence-electron chi connectivity index (χ2n) is 5.31. The van der Waals surface area contributed by atoms with Crippen LogP contribution in [-0.2, 0) is 6.61 Å². The third-order valence-corrected chi connectivity index (χ3v) is 3.60. The Balaban J connectivity index is 1.64. The van der Waals surface area contributed by atoms with Crippen molar-refractivity contribution in [2.75, 3.05) is 5.01 Å². The van der Waals surface area contributed by atoms with Crippen LogP contribution in [0.4, 0.5) is 5.69 Å². The van der Waals surface area contributed by atoms with Gasteiger partial charge in [-0.15, -0.1) is 0 Å². The summed E-state index contributed by atoms with van der Waals surface area (Å²) in [5.74, 6) is 6.34. The summed E-state index contributed by atoms with van der Waals surface area (Å²) in [4.78, 5) is 12.4. The van der Waals surface area contributed by atoms with Crippen LogP contribution in [0, 0.1) is 0 Å². The zero-order valence-electron chi connectivity index (χ0n) is 13.1. The molecule has 24 heavy (non-hydrogen) atoms. The van der Waals surface area contributed by atoms with E-state index in [4.69, 9.17) is 10.6 Å². The lowest BCUT2D eigenvalue weighted by Gasteiger charge is -2.16. The van der Waals surface area contributed by atoms with Crippen molar-refractivity contribution >= 4 is 11.6 Å². The van der Waals surface area contributed by atoms with Crippen molar-refractivity contribution in [2.45, 2.75) is 6.61 Å². The Kier molecular flexibility index (Phi) is 4.89. The van der Waals surface area contributed by atoms with Gasteiger partial charge in [0.1, 0.15) is 12.4 Å². The Hall–Kier alpha value is -3.11. The van der Waals surface area contributed by atoms with Gasteiger partial charge >= 0.3 is 0 Å². The van der Waals surface area contributed by atoms with Crippen molar-refractivity contribution in [2.24, 2.45) is 5.84 Å². The molecule has 0 fully saturated rings. The van der Waals surface area contributed by atoms with Gasteiger partial charge in [-0.05, 0) is 42.0 Å². The summed E-state index contributed by atoms with van der Waals surface area (Å²) in [5.41, 5.74) is 2.25. The van der Waals surface area contributed by atoms with Crippen LogP contribution in [0.1, 0.15) is 15.9 Å². The first-order chi connectivity index (χ1) is 11.7. The van der Waals surface area contributed by atoms with Crippen molar-refractivity contribution in [1.82, 2.24) is 0 Å². The van der Waals surface area contributed by atoms with Gasteiger partial charge in [0, 0.05) is 5.56 Å². The third kappa shape index (κ3) is 3.80. The van der Waals surface area contributed by atoms with Gasteiger partial charge in [0.05, 0.1) is 5.69 Å². The summed E-state index contributed by atoms with van der Waals surface area (Å²) < 4.78 is 5.72. The molecule has 0 aliphatic rings. The number of rotatable bonds is 5. The highest BCUT2D eigenvalue weighted by atomic mass is 16.5.